The van der Waals surface area contributed by atoms with Gasteiger partial charge in [-0.3, -0.25) is 0 Å². The quantitative estimate of drug-likeness (QED) is 0.916. The minimum Gasteiger partial charge on any atom is -0.487 e. The molecule has 0 aliphatic rings. The highest BCUT2D eigenvalue weighted by Crippen LogP contribution is 2.26. The summed E-state index contributed by atoms with van der Waals surface area (Å²) in [6, 6.07) is 12.5. The number of aryl methyl sites for hydroxylation is 1. The maximum atomic E-state index is 11.6. The van der Waals surface area contributed by atoms with Crippen molar-refractivity contribution in [2.45, 2.75) is 18.4 Å². The Morgan fingerprint density at radius 3 is 2.55 bits per heavy atom. The van der Waals surface area contributed by atoms with Crippen LogP contribution in [0.25, 0.3) is 0 Å². The molecule has 2 rings (SSSR count). The van der Waals surface area contributed by atoms with E-state index in [4.69, 9.17) is 9.88 Å². The fourth-order valence-electron chi connectivity index (χ4n) is 1.73. The Morgan fingerprint density at radius 1 is 1.20 bits per heavy atom. The predicted molar refractivity (Wildman–Crippen MR) is 81.0 cm³/mol. The molecule has 0 atom stereocenters. The zero-order valence-corrected chi connectivity index (χ0v) is 13.2. The van der Waals surface area contributed by atoms with E-state index in [1.807, 2.05) is 24.3 Å². The van der Waals surface area contributed by atoms with E-state index in [1.54, 1.807) is 19.1 Å². The molecule has 0 saturated carbocycles. The van der Waals surface area contributed by atoms with Crippen LogP contribution in [-0.2, 0) is 16.6 Å². The van der Waals surface area contributed by atoms with Crippen molar-refractivity contribution < 1.29 is 13.2 Å². The summed E-state index contributed by atoms with van der Waals surface area (Å²) < 4.78 is 29.6. The van der Waals surface area contributed by atoms with Gasteiger partial charge in [0.1, 0.15) is 17.3 Å². The summed E-state index contributed by atoms with van der Waals surface area (Å²) in [6.45, 7) is 2.05. The Hall–Kier alpha value is -1.37. The predicted octanol–water partition coefficient (Wildman–Crippen LogP) is 2.98. The van der Waals surface area contributed by atoms with Crippen molar-refractivity contribution in [3.8, 4) is 5.75 Å². The molecule has 2 aromatic carbocycles. The molecule has 0 fully saturated rings. The minimum absolute atomic E-state index is 0.00422. The molecule has 0 bridgehead atoms. The summed E-state index contributed by atoms with van der Waals surface area (Å²) in [5.41, 5.74) is 1.73. The number of nitrogens with two attached hydrogens (primary N) is 1. The van der Waals surface area contributed by atoms with Crippen LogP contribution >= 0.6 is 15.9 Å². The molecule has 0 heterocycles. The van der Waals surface area contributed by atoms with Crippen molar-refractivity contribution in [2.75, 3.05) is 0 Å². The second-order valence-corrected chi connectivity index (χ2v) is 6.76. The molecule has 2 N–H and O–H groups in total. The molecule has 106 valence electrons. The molecule has 0 aliphatic heterocycles. The lowest BCUT2D eigenvalue weighted by Crippen LogP contribution is -2.14. The van der Waals surface area contributed by atoms with Gasteiger partial charge in [0.15, 0.2) is 0 Å². The van der Waals surface area contributed by atoms with Crippen molar-refractivity contribution in [1.29, 1.82) is 0 Å². The zero-order chi connectivity index (χ0) is 14.8. The Labute approximate surface area is 126 Å². The number of primary sulfonamides is 1. The molecular weight excluding hydrogens is 342 g/mol. The first-order valence-electron chi connectivity index (χ1n) is 5.87. The molecular formula is C14H14BrNO3S. The normalized spacial score (nSPS) is 11.3. The second kappa shape index (κ2) is 5.95. The third kappa shape index (κ3) is 3.59. The first-order valence-corrected chi connectivity index (χ1v) is 8.21. The van der Waals surface area contributed by atoms with Gasteiger partial charge in [-0.25, -0.2) is 13.6 Å². The second-order valence-electron chi connectivity index (χ2n) is 4.38. The van der Waals surface area contributed by atoms with Crippen LogP contribution in [-0.4, -0.2) is 8.42 Å². The van der Waals surface area contributed by atoms with Gasteiger partial charge in [0.25, 0.3) is 0 Å². The molecule has 2 aromatic rings. The fraction of sp³-hybridized carbons (Fsp3) is 0.143. The molecule has 0 aromatic heterocycles. The Balaban J connectivity index is 2.29. The molecule has 0 aliphatic carbocycles. The molecule has 0 radical (unpaired) electrons. The van der Waals surface area contributed by atoms with Crippen molar-refractivity contribution in [1.82, 2.24) is 0 Å². The van der Waals surface area contributed by atoms with Gasteiger partial charge in [0, 0.05) is 10.0 Å². The molecule has 4 nitrogen and oxygen atoms in total. The van der Waals surface area contributed by atoms with Gasteiger partial charge in [-0.2, -0.15) is 0 Å². The Kier molecular flexibility index (Phi) is 4.47. The molecule has 0 unspecified atom stereocenters. The monoisotopic (exact) mass is 355 g/mol. The average molecular weight is 356 g/mol. The molecule has 0 spiro atoms. The average Bonchev–Trinajstić information content (AvgIpc) is 2.38. The lowest BCUT2D eigenvalue weighted by molar-refractivity contribution is 0.297. The number of hydrogen-bond acceptors (Lipinski definition) is 3. The van der Waals surface area contributed by atoms with Crippen LogP contribution < -0.4 is 9.88 Å². The Morgan fingerprint density at radius 2 is 1.90 bits per heavy atom. The SMILES string of the molecule is Cc1ccc(OCc2ccccc2Br)c(S(N)(=O)=O)c1. The van der Waals surface area contributed by atoms with Crippen molar-refractivity contribution in [3.63, 3.8) is 0 Å². The summed E-state index contributed by atoms with van der Waals surface area (Å²) in [5.74, 6) is 0.258. The standard InChI is InChI=1S/C14H14BrNO3S/c1-10-6-7-13(14(8-10)20(16,17)18)19-9-11-4-2-3-5-12(11)15/h2-8H,9H2,1H3,(H2,16,17,18). The molecule has 20 heavy (non-hydrogen) atoms. The first kappa shape index (κ1) is 15.0. The van der Waals surface area contributed by atoms with Gasteiger partial charge in [-0.1, -0.05) is 40.2 Å². The zero-order valence-electron chi connectivity index (χ0n) is 10.8. The summed E-state index contributed by atoms with van der Waals surface area (Å²) in [5, 5.41) is 5.21. The fourth-order valence-corrected chi connectivity index (χ4v) is 2.88. The number of sulfonamides is 1. The highest BCUT2D eigenvalue weighted by Gasteiger charge is 2.15. The van der Waals surface area contributed by atoms with E-state index in [-0.39, 0.29) is 17.3 Å². The smallest absolute Gasteiger partial charge is 0.241 e. The van der Waals surface area contributed by atoms with Crippen LogP contribution in [0, 0.1) is 6.92 Å². The third-order valence-electron chi connectivity index (χ3n) is 2.75. The highest BCUT2D eigenvalue weighted by atomic mass is 79.9. The summed E-state index contributed by atoms with van der Waals surface area (Å²) in [6.07, 6.45) is 0. The van der Waals surface area contributed by atoms with Crippen LogP contribution in [0.4, 0.5) is 0 Å². The summed E-state index contributed by atoms with van der Waals surface area (Å²) in [7, 11) is -3.81. The van der Waals surface area contributed by atoms with E-state index >= 15 is 0 Å². The van der Waals surface area contributed by atoms with E-state index in [9.17, 15) is 8.42 Å². The van der Waals surface area contributed by atoms with Gasteiger partial charge in [-0.15, -0.1) is 0 Å². The van der Waals surface area contributed by atoms with Gasteiger partial charge in [0.2, 0.25) is 10.0 Å². The van der Waals surface area contributed by atoms with Crippen LogP contribution in [0.5, 0.6) is 5.75 Å². The van der Waals surface area contributed by atoms with Crippen molar-refractivity contribution >= 4 is 26.0 Å². The number of rotatable bonds is 4. The van der Waals surface area contributed by atoms with E-state index in [2.05, 4.69) is 15.9 Å². The van der Waals surface area contributed by atoms with E-state index in [0.717, 1.165) is 15.6 Å². The maximum absolute atomic E-state index is 11.6. The topological polar surface area (TPSA) is 69.4 Å². The molecule has 6 heteroatoms. The molecule has 0 amide bonds. The number of benzene rings is 2. The van der Waals surface area contributed by atoms with Crippen LogP contribution in [0.1, 0.15) is 11.1 Å². The van der Waals surface area contributed by atoms with Gasteiger partial charge < -0.3 is 4.74 Å². The summed E-state index contributed by atoms with van der Waals surface area (Å²) >= 11 is 3.42. The van der Waals surface area contributed by atoms with Gasteiger partial charge in [0.05, 0.1) is 0 Å². The van der Waals surface area contributed by atoms with Gasteiger partial charge in [-0.05, 0) is 30.7 Å². The van der Waals surface area contributed by atoms with Crippen molar-refractivity contribution in [2.24, 2.45) is 5.14 Å². The lowest BCUT2D eigenvalue weighted by atomic mass is 10.2. The van der Waals surface area contributed by atoms with Crippen LogP contribution in [0.2, 0.25) is 0 Å². The van der Waals surface area contributed by atoms with Crippen LogP contribution in [0.3, 0.4) is 0 Å². The third-order valence-corrected chi connectivity index (χ3v) is 4.45. The van der Waals surface area contributed by atoms with E-state index in [0.29, 0.717) is 0 Å². The lowest BCUT2D eigenvalue weighted by Gasteiger charge is -2.11. The van der Waals surface area contributed by atoms with Crippen LogP contribution in [0.15, 0.2) is 51.8 Å². The largest absolute Gasteiger partial charge is 0.487 e. The first-order chi connectivity index (χ1) is 9.38. The number of ether oxygens (including phenoxy) is 1. The molecule has 0 saturated heterocycles. The number of halogens is 1. The Bertz CT molecular complexity index is 729. The maximum Gasteiger partial charge on any atom is 0.241 e. The van der Waals surface area contributed by atoms with E-state index in [1.165, 1.54) is 6.07 Å². The van der Waals surface area contributed by atoms with Crippen molar-refractivity contribution in [3.05, 3.63) is 58.1 Å². The minimum atomic E-state index is -3.81. The number of hydrogen-bond donors (Lipinski definition) is 1. The summed E-state index contributed by atoms with van der Waals surface area (Å²) in [4.78, 5) is 0.00422. The highest BCUT2D eigenvalue weighted by molar-refractivity contribution is 9.10. The van der Waals surface area contributed by atoms with E-state index < -0.39 is 10.0 Å². The van der Waals surface area contributed by atoms with Gasteiger partial charge >= 0.3 is 0 Å².